The third-order valence-corrected chi connectivity index (χ3v) is 2.27. The van der Waals surface area contributed by atoms with E-state index in [1.54, 1.807) is 31.3 Å². The van der Waals surface area contributed by atoms with Gasteiger partial charge in [0, 0.05) is 38.7 Å². The lowest BCUT2D eigenvalue weighted by Crippen LogP contribution is -2.30. The number of ether oxygens (including phenoxy) is 1. The topological polar surface area (TPSA) is 62.7 Å². The summed E-state index contributed by atoms with van der Waals surface area (Å²) in [5.41, 5.74) is 1.08. The first-order valence-corrected chi connectivity index (χ1v) is 5.48. The molecule has 0 aromatic carbocycles. The number of aliphatic hydroxyl groups is 1. The van der Waals surface area contributed by atoms with Gasteiger partial charge in [-0.2, -0.15) is 0 Å². The van der Waals surface area contributed by atoms with E-state index in [1.165, 1.54) is 6.20 Å². The Morgan fingerprint density at radius 2 is 2.33 bits per heavy atom. The molecule has 1 rings (SSSR count). The van der Waals surface area contributed by atoms with Crippen LogP contribution < -0.4 is 0 Å². The Bertz CT molecular complexity index is 463. The molecule has 0 fully saturated rings. The number of methoxy groups -OCH3 is 1. The van der Waals surface area contributed by atoms with Gasteiger partial charge in [-0.3, -0.25) is 9.78 Å². The number of hydrogen-bond donors (Lipinski definition) is 1. The minimum absolute atomic E-state index is 0.132. The van der Waals surface area contributed by atoms with Crippen molar-refractivity contribution in [2.24, 2.45) is 0 Å². The molecule has 0 spiro atoms. The minimum Gasteiger partial charge on any atom is -0.384 e. The van der Waals surface area contributed by atoms with E-state index in [0.29, 0.717) is 24.3 Å². The summed E-state index contributed by atoms with van der Waals surface area (Å²) in [7, 11) is 3.29. The molecular formula is C13H16N2O3. The molecular weight excluding hydrogens is 232 g/mol. The normalized spacial score (nSPS) is 9.50. The fourth-order valence-electron chi connectivity index (χ4n) is 1.32. The zero-order chi connectivity index (χ0) is 13.4. The number of aliphatic hydroxyl groups excluding tert-OH is 1. The van der Waals surface area contributed by atoms with Gasteiger partial charge in [-0.05, 0) is 6.07 Å². The van der Waals surface area contributed by atoms with E-state index in [1.807, 2.05) is 0 Å². The lowest BCUT2D eigenvalue weighted by molar-refractivity contribution is 0.0744. The Balaban J connectivity index is 2.79. The van der Waals surface area contributed by atoms with Crippen LogP contribution in [0.4, 0.5) is 0 Å². The van der Waals surface area contributed by atoms with Gasteiger partial charge in [0.1, 0.15) is 6.61 Å². The van der Waals surface area contributed by atoms with E-state index in [2.05, 4.69) is 16.8 Å². The summed E-state index contributed by atoms with van der Waals surface area (Å²) in [5.74, 6) is 5.10. The van der Waals surface area contributed by atoms with Gasteiger partial charge in [0.2, 0.25) is 0 Å². The first kappa shape index (κ1) is 14.2. The molecule has 0 aliphatic carbocycles. The molecule has 0 radical (unpaired) electrons. The molecule has 5 heteroatoms. The maximum Gasteiger partial charge on any atom is 0.255 e. The second kappa shape index (κ2) is 7.43. The summed E-state index contributed by atoms with van der Waals surface area (Å²) in [6.45, 7) is 0.785. The number of nitrogens with zero attached hydrogens (tertiary/aromatic N) is 2. The van der Waals surface area contributed by atoms with Gasteiger partial charge in [0.05, 0.1) is 12.2 Å². The standard InChI is InChI=1S/C13H16N2O3/c1-15(5-7-18-2)13(17)12-8-11(4-3-6-16)9-14-10-12/h8-10,16H,5-7H2,1-2H3. The maximum atomic E-state index is 12.0. The molecule has 96 valence electrons. The van der Waals surface area contributed by atoms with Crippen molar-refractivity contribution in [3.8, 4) is 11.8 Å². The average Bonchev–Trinajstić information content (AvgIpc) is 2.42. The van der Waals surface area contributed by atoms with Crippen molar-refractivity contribution >= 4 is 5.91 Å². The van der Waals surface area contributed by atoms with Crippen molar-refractivity contribution in [2.45, 2.75) is 0 Å². The molecule has 1 N–H and O–H groups in total. The van der Waals surface area contributed by atoms with Crippen LogP contribution in [0.3, 0.4) is 0 Å². The number of likely N-dealkylation sites (N-methyl/N-ethyl adjacent to an activating group) is 1. The van der Waals surface area contributed by atoms with E-state index in [4.69, 9.17) is 9.84 Å². The zero-order valence-corrected chi connectivity index (χ0v) is 10.5. The third kappa shape index (κ3) is 4.17. The molecule has 1 amide bonds. The lowest BCUT2D eigenvalue weighted by Gasteiger charge is -2.16. The first-order chi connectivity index (χ1) is 8.69. The van der Waals surface area contributed by atoms with Gasteiger partial charge < -0.3 is 14.7 Å². The number of amides is 1. The van der Waals surface area contributed by atoms with Gasteiger partial charge in [0.15, 0.2) is 0 Å². The predicted octanol–water partition coefficient (Wildman–Crippen LogP) is 0.144. The van der Waals surface area contributed by atoms with Gasteiger partial charge in [-0.15, -0.1) is 0 Å². The summed E-state index contributed by atoms with van der Waals surface area (Å²) >= 11 is 0. The van der Waals surface area contributed by atoms with E-state index in [-0.39, 0.29) is 12.5 Å². The van der Waals surface area contributed by atoms with Crippen LogP contribution in [0.5, 0.6) is 0 Å². The second-order valence-corrected chi connectivity index (χ2v) is 3.64. The summed E-state index contributed by atoms with van der Waals surface area (Å²) in [4.78, 5) is 17.5. The van der Waals surface area contributed by atoms with Crippen LogP contribution in [-0.2, 0) is 4.74 Å². The molecule has 0 aliphatic rings. The second-order valence-electron chi connectivity index (χ2n) is 3.64. The van der Waals surface area contributed by atoms with Crippen LogP contribution in [0, 0.1) is 11.8 Å². The number of pyridine rings is 1. The quantitative estimate of drug-likeness (QED) is 0.770. The van der Waals surface area contributed by atoms with Crippen LogP contribution >= 0.6 is 0 Å². The largest absolute Gasteiger partial charge is 0.384 e. The Hall–Kier alpha value is -1.90. The van der Waals surface area contributed by atoms with Gasteiger partial charge in [-0.25, -0.2) is 0 Å². The molecule has 0 aliphatic heterocycles. The van der Waals surface area contributed by atoms with E-state index >= 15 is 0 Å². The molecule has 0 saturated heterocycles. The summed E-state index contributed by atoms with van der Waals surface area (Å²) in [6.07, 6.45) is 3.05. The Morgan fingerprint density at radius 3 is 3.00 bits per heavy atom. The number of hydrogen-bond acceptors (Lipinski definition) is 4. The van der Waals surface area contributed by atoms with Crippen LogP contribution in [0.1, 0.15) is 15.9 Å². The van der Waals surface area contributed by atoms with Crippen LogP contribution in [0.25, 0.3) is 0 Å². The SMILES string of the molecule is COCCN(C)C(=O)c1cncc(C#CCO)c1. The van der Waals surface area contributed by atoms with Crippen molar-refractivity contribution < 1.29 is 14.6 Å². The van der Waals surface area contributed by atoms with Gasteiger partial charge >= 0.3 is 0 Å². The highest BCUT2D eigenvalue weighted by molar-refractivity contribution is 5.94. The van der Waals surface area contributed by atoms with Crippen molar-refractivity contribution in [3.05, 3.63) is 29.6 Å². The molecule has 0 unspecified atom stereocenters. The lowest BCUT2D eigenvalue weighted by atomic mass is 10.2. The van der Waals surface area contributed by atoms with Gasteiger partial charge in [-0.1, -0.05) is 11.8 Å². The fourth-order valence-corrected chi connectivity index (χ4v) is 1.32. The minimum atomic E-state index is -0.216. The maximum absolute atomic E-state index is 12.0. The zero-order valence-electron chi connectivity index (χ0n) is 10.5. The van der Waals surface area contributed by atoms with E-state index in [0.717, 1.165) is 0 Å². The highest BCUT2D eigenvalue weighted by atomic mass is 16.5. The smallest absolute Gasteiger partial charge is 0.255 e. The highest BCUT2D eigenvalue weighted by Crippen LogP contribution is 2.04. The molecule has 0 saturated carbocycles. The number of aromatic nitrogens is 1. The van der Waals surface area contributed by atoms with Gasteiger partial charge in [0.25, 0.3) is 5.91 Å². The number of carbonyl (C=O) groups excluding carboxylic acids is 1. The molecule has 1 aromatic rings. The summed E-state index contributed by atoms with van der Waals surface area (Å²) < 4.78 is 4.92. The van der Waals surface area contributed by atoms with Crippen LogP contribution in [-0.4, -0.2) is 54.8 Å². The Kier molecular flexibility index (Phi) is 5.85. The summed E-state index contributed by atoms with van der Waals surface area (Å²) in [5, 5.41) is 8.61. The Morgan fingerprint density at radius 1 is 1.56 bits per heavy atom. The van der Waals surface area contributed by atoms with Crippen molar-refractivity contribution in [2.75, 3.05) is 33.9 Å². The number of carbonyl (C=O) groups is 1. The highest BCUT2D eigenvalue weighted by Gasteiger charge is 2.11. The van der Waals surface area contributed by atoms with Crippen LogP contribution in [0.15, 0.2) is 18.5 Å². The molecule has 0 atom stereocenters. The summed E-state index contributed by atoms with van der Waals surface area (Å²) in [6, 6.07) is 1.65. The average molecular weight is 248 g/mol. The number of rotatable bonds is 4. The third-order valence-electron chi connectivity index (χ3n) is 2.27. The Labute approximate surface area is 106 Å². The molecule has 18 heavy (non-hydrogen) atoms. The van der Waals surface area contributed by atoms with Crippen molar-refractivity contribution in [1.82, 2.24) is 9.88 Å². The molecule has 1 heterocycles. The molecule has 0 bridgehead atoms. The van der Waals surface area contributed by atoms with Crippen LogP contribution in [0.2, 0.25) is 0 Å². The van der Waals surface area contributed by atoms with E-state index in [9.17, 15) is 4.79 Å². The molecule has 1 aromatic heterocycles. The van der Waals surface area contributed by atoms with Crippen molar-refractivity contribution in [1.29, 1.82) is 0 Å². The molecule has 5 nitrogen and oxygen atoms in total. The van der Waals surface area contributed by atoms with Crippen molar-refractivity contribution in [3.63, 3.8) is 0 Å². The first-order valence-electron chi connectivity index (χ1n) is 5.48. The fraction of sp³-hybridized carbons (Fsp3) is 0.385. The monoisotopic (exact) mass is 248 g/mol. The van der Waals surface area contributed by atoms with E-state index < -0.39 is 0 Å². The predicted molar refractivity (Wildman–Crippen MR) is 67.0 cm³/mol.